The highest BCUT2D eigenvalue weighted by Gasteiger charge is 2.15. The maximum Gasteiger partial charge on any atom is 0.305 e. The molecule has 0 heterocycles. The Hall–Kier alpha value is -1.10. The van der Waals surface area contributed by atoms with Gasteiger partial charge >= 0.3 is 5.97 Å². The van der Waals surface area contributed by atoms with E-state index >= 15 is 0 Å². The van der Waals surface area contributed by atoms with E-state index in [2.05, 4.69) is 5.32 Å². The quantitative estimate of drug-likeness (QED) is 0.627. The summed E-state index contributed by atoms with van der Waals surface area (Å²) in [5, 5.41) is 10.8. The molecule has 0 fully saturated rings. The zero-order valence-electron chi connectivity index (χ0n) is 8.58. The highest BCUT2D eigenvalue weighted by atomic mass is 16.5. The average molecular weight is 203 g/mol. The van der Waals surface area contributed by atoms with Crippen LogP contribution in [0.5, 0.6) is 0 Å². The molecule has 0 bridgehead atoms. The monoisotopic (exact) mass is 203 g/mol. The lowest BCUT2D eigenvalue weighted by molar-refractivity contribution is -0.137. The molecule has 5 nitrogen and oxygen atoms in total. The second kappa shape index (κ2) is 7.32. The first-order chi connectivity index (χ1) is 6.61. The van der Waals surface area contributed by atoms with Crippen LogP contribution in [0.2, 0.25) is 0 Å². The molecule has 0 spiro atoms. The summed E-state index contributed by atoms with van der Waals surface area (Å²) >= 11 is 0. The molecule has 1 atom stereocenters. The minimum atomic E-state index is -0.922. The Morgan fingerprint density at radius 1 is 1.43 bits per heavy atom. The summed E-state index contributed by atoms with van der Waals surface area (Å²) < 4.78 is 5.15. The molecule has 1 unspecified atom stereocenters. The Labute approximate surface area is 83.4 Å². The number of nitrogens with one attached hydrogen (secondary N) is 1. The van der Waals surface area contributed by atoms with Gasteiger partial charge in [-0.2, -0.15) is 0 Å². The summed E-state index contributed by atoms with van der Waals surface area (Å²) in [6.07, 6.45) is 0.0647. The summed E-state index contributed by atoms with van der Waals surface area (Å²) in [6.45, 7) is 4.28. The number of carboxylic acids is 1. The molecule has 82 valence electrons. The fourth-order valence-electron chi connectivity index (χ4n) is 0.987. The molecular weight excluding hydrogens is 186 g/mol. The van der Waals surface area contributed by atoms with Crippen LogP contribution in [0.25, 0.3) is 0 Å². The van der Waals surface area contributed by atoms with Crippen molar-refractivity contribution in [2.75, 3.05) is 13.2 Å². The van der Waals surface area contributed by atoms with Gasteiger partial charge in [-0.3, -0.25) is 9.59 Å². The van der Waals surface area contributed by atoms with Gasteiger partial charge in [0.05, 0.1) is 6.42 Å². The molecule has 0 aliphatic heterocycles. The van der Waals surface area contributed by atoms with Gasteiger partial charge in [-0.25, -0.2) is 0 Å². The third-order valence-electron chi connectivity index (χ3n) is 1.67. The number of carbonyl (C=O) groups is 2. The number of rotatable bonds is 7. The lowest BCUT2D eigenvalue weighted by atomic mass is 10.2. The van der Waals surface area contributed by atoms with Crippen molar-refractivity contribution in [2.24, 2.45) is 0 Å². The van der Waals surface area contributed by atoms with E-state index in [4.69, 9.17) is 9.84 Å². The van der Waals surface area contributed by atoms with Crippen molar-refractivity contribution in [2.45, 2.75) is 32.8 Å². The highest BCUT2D eigenvalue weighted by Crippen LogP contribution is 1.97. The number of hydrogen-bond donors (Lipinski definition) is 2. The van der Waals surface area contributed by atoms with E-state index in [9.17, 15) is 9.59 Å². The predicted octanol–water partition coefficient (Wildman–Crippen LogP) is 0.392. The number of carboxylic acid groups (broad SMARTS) is 1. The molecule has 1 amide bonds. The van der Waals surface area contributed by atoms with Crippen LogP contribution in [-0.2, 0) is 14.3 Å². The van der Waals surface area contributed by atoms with E-state index in [1.165, 1.54) is 0 Å². The summed E-state index contributed by atoms with van der Waals surface area (Å²) in [6, 6.07) is 0. The molecular formula is C9H17NO4. The SMILES string of the molecule is CCOC(CC)C(=O)NCCC(=O)O. The third kappa shape index (κ3) is 5.53. The zero-order valence-corrected chi connectivity index (χ0v) is 8.58. The molecule has 0 saturated carbocycles. The van der Waals surface area contributed by atoms with Crippen molar-refractivity contribution in [1.82, 2.24) is 5.32 Å². The molecule has 0 aromatic heterocycles. The van der Waals surface area contributed by atoms with Gasteiger partial charge < -0.3 is 15.2 Å². The minimum absolute atomic E-state index is 0.0612. The van der Waals surface area contributed by atoms with E-state index in [1.54, 1.807) is 0 Å². The second-order valence-electron chi connectivity index (χ2n) is 2.79. The van der Waals surface area contributed by atoms with Crippen molar-refractivity contribution < 1.29 is 19.4 Å². The fourth-order valence-corrected chi connectivity index (χ4v) is 0.987. The van der Waals surface area contributed by atoms with Crippen LogP contribution < -0.4 is 5.32 Å². The highest BCUT2D eigenvalue weighted by molar-refractivity contribution is 5.81. The van der Waals surface area contributed by atoms with Crippen molar-refractivity contribution in [1.29, 1.82) is 0 Å². The van der Waals surface area contributed by atoms with Crippen LogP contribution in [0.1, 0.15) is 26.7 Å². The molecule has 2 N–H and O–H groups in total. The third-order valence-corrected chi connectivity index (χ3v) is 1.67. The van der Waals surface area contributed by atoms with Gasteiger partial charge in [-0.15, -0.1) is 0 Å². The fraction of sp³-hybridized carbons (Fsp3) is 0.778. The van der Waals surface area contributed by atoms with Crippen LogP contribution >= 0.6 is 0 Å². The summed E-state index contributed by atoms with van der Waals surface area (Å²) in [4.78, 5) is 21.5. The maximum absolute atomic E-state index is 11.3. The Balaban J connectivity index is 3.74. The number of amides is 1. The van der Waals surface area contributed by atoms with Gasteiger partial charge in [0.1, 0.15) is 6.10 Å². The first kappa shape index (κ1) is 12.9. The number of hydrogen-bond acceptors (Lipinski definition) is 3. The smallest absolute Gasteiger partial charge is 0.305 e. The molecule has 0 aromatic rings. The first-order valence-corrected chi connectivity index (χ1v) is 4.72. The molecule has 0 radical (unpaired) electrons. The van der Waals surface area contributed by atoms with Gasteiger partial charge in [-0.1, -0.05) is 6.92 Å². The predicted molar refractivity (Wildman–Crippen MR) is 51.0 cm³/mol. The number of aliphatic carboxylic acids is 1. The van der Waals surface area contributed by atoms with Crippen LogP contribution in [0.4, 0.5) is 0 Å². The summed E-state index contributed by atoms with van der Waals surface area (Å²) in [5.41, 5.74) is 0. The Morgan fingerprint density at radius 2 is 2.07 bits per heavy atom. The van der Waals surface area contributed by atoms with Crippen molar-refractivity contribution >= 4 is 11.9 Å². The Morgan fingerprint density at radius 3 is 2.50 bits per heavy atom. The maximum atomic E-state index is 11.3. The Kier molecular flexibility index (Phi) is 6.74. The average Bonchev–Trinajstić information content (AvgIpc) is 2.13. The van der Waals surface area contributed by atoms with E-state index in [0.29, 0.717) is 13.0 Å². The van der Waals surface area contributed by atoms with Crippen LogP contribution in [-0.4, -0.2) is 36.2 Å². The van der Waals surface area contributed by atoms with Crippen LogP contribution in [0.3, 0.4) is 0 Å². The summed E-state index contributed by atoms with van der Waals surface area (Å²) in [7, 11) is 0. The van der Waals surface area contributed by atoms with Crippen molar-refractivity contribution in [3.8, 4) is 0 Å². The van der Waals surface area contributed by atoms with Gasteiger partial charge in [-0.05, 0) is 13.3 Å². The molecule has 0 aliphatic carbocycles. The van der Waals surface area contributed by atoms with Crippen molar-refractivity contribution in [3.63, 3.8) is 0 Å². The van der Waals surface area contributed by atoms with Gasteiger partial charge in [0, 0.05) is 13.2 Å². The topological polar surface area (TPSA) is 75.6 Å². The second-order valence-corrected chi connectivity index (χ2v) is 2.79. The van der Waals surface area contributed by atoms with Gasteiger partial charge in [0.15, 0.2) is 0 Å². The van der Waals surface area contributed by atoms with E-state index in [0.717, 1.165) is 0 Å². The van der Waals surface area contributed by atoms with Crippen LogP contribution in [0.15, 0.2) is 0 Å². The van der Waals surface area contributed by atoms with E-state index in [1.807, 2.05) is 13.8 Å². The standard InChI is InChI=1S/C9H17NO4/c1-3-7(14-4-2)9(13)10-6-5-8(11)12/h7H,3-6H2,1-2H3,(H,10,13)(H,11,12). The molecule has 0 aromatic carbocycles. The van der Waals surface area contributed by atoms with Gasteiger partial charge in [0.2, 0.25) is 5.91 Å². The number of carbonyl (C=O) groups excluding carboxylic acids is 1. The van der Waals surface area contributed by atoms with Gasteiger partial charge in [0.25, 0.3) is 0 Å². The number of ether oxygens (including phenoxy) is 1. The Bertz CT molecular complexity index is 193. The summed E-state index contributed by atoms with van der Waals surface area (Å²) in [5.74, 6) is -1.16. The van der Waals surface area contributed by atoms with Crippen LogP contribution in [0, 0.1) is 0 Å². The van der Waals surface area contributed by atoms with E-state index in [-0.39, 0.29) is 18.9 Å². The molecule has 0 aliphatic rings. The molecule has 14 heavy (non-hydrogen) atoms. The normalized spacial score (nSPS) is 12.1. The lowest BCUT2D eigenvalue weighted by Gasteiger charge is -2.14. The molecule has 5 heteroatoms. The largest absolute Gasteiger partial charge is 0.481 e. The molecule has 0 saturated heterocycles. The van der Waals surface area contributed by atoms with E-state index < -0.39 is 12.1 Å². The minimum Gasteiger partial charge on any atom is -0.481 e. The first-order valence-electron chi connectivity index (χ1n) is 4.72. The van der Waals surface area contributed by atoms with Crippen molar-refractivity contribution in [3.05, 3.63) is 0 Å². The zero-order chi connectivity index (χ0) is 11.0. The lowest BCUT2D eigenvalue weighted by Crippen LogP contribution is -2.37. The molecule has 0 rings (SSSR count).